The number of carbonyl (C=O) groups is 2. The van der Waals surface area contributed by atoms with Crippen LogP contribution in [-0.4, -0.2) is 11.6 Å². The Morgan fingerprint density at radius 1 is 1.18 bits per heavy atom. The maximum Gasteiger partial charge on any atom is 0.136 e. The lowest BCUT2D eigenvalue weighted by atomic mass is 10.2. The first-order valence-corrected chi connectivity index (χ1v) is 3.83. The van der Waals surface area contributed by atoms with Gasteiger partial charge in [0.1, 0.15) is 11.6 Å². The molecule has 0 saturated carbocycles. The van der Waals surface area contributed by atoms with Gasteiger partial charge in [0.15, 0.2) is 0 Å². The van der Waals surface area contributed by atoms with Crippen molar-refractivity contribution in [2.75, 3.05) is 0 Å². The van der Waals surface area contributed by atoms with Crippen molar-refractivity contribution in [3.05, 3.63) is 12.2 Å². The summed E-state index contributed by atoms with van der Waals surface area (Å²) in [5.41, 5.74) is 0. The standard InChI is InChI=1S/C9H14O2/c1-3-9(11)7-5-4-6-8(2)10/h4-5H,3,6-7H2,1-2H3/b5-4-. The van der Waals surface area contributed by atoms with Crippen molar-refractivity contribution in [3.8, 4) is 0 Å². The van der Waals surface area contributed by atoms with Crippen LogP contribution in [0, 0.1) is 0 Å². The number of hydrogen-bond acceptors (Lipinski definition) is 2. The van der Waals surface area contributed by atoms with Crippen LogP contribution in [0.1, 0.15) is 33.1 Å². The molecule has 0 aliphatic heterocycles. The quantitative estimate of drug-likeness (QED) is 0.567. The highest BCUT2D eigenvalue weighted by Crippen LogP contribution is 1.92. The maximum absolute atomic E-state index is 10.7. The lowest BCUT2D eigenvalue weighted by molar-refractivity contribution is -0.118. The summed E-state index contributed by atoms with van der Waals surface area (Å²) in [6, 6.07) is 0. The number of rotatable bonds is 5. The zero-order valence-corrected chi connectivity index (χ0v) is 7.09. The van der Waals surface area contributed by atoms with Crippen LogP contribution in [0.3, 0.4) is 0 Å². The minimum absolute atomic E-state index is 0.130. The normalized spacial score (nSPS) is 10.4. The Labute approximate surface area is 67.3 Å². The van der Waals surface area contributed by atoms with Crippen molar-refractivity contribution < 1.29 is 9.59 Å². The van der Waals surface area contributed by atoms with E-state index in [0.717, 1.165) is 0 Å². The zero-order valence-electron chi connectivity index (χ0n) is 7.09. The van der Waals surface area contributed by atoms with Gasteiger partial charge in [0.2, 0.25) is 0 Å². The molecule has 0 heterocycles. The Bertz CT molecular complexity index is 168. The minimum atomic E-state index is 0.130. The van der Waals surface area contributed by atoms with Crippen LogP contribution in [0.2, 0.25) is 0 Å². The Morgan fingerprint density at radius 2 is 1.73 bits per heavy atom. The molecular formula is C9H14O2. The molecule has 0 rings (SSSR count). The van der Waals surface area contributed by atoms with Gasteiger partial charge in [-0.2, -0.15) is 0 Å². The Kier molecular flexibility index (Phi) is 5.35. The van der Waals surface area contributed by atoms with E-state index in [2.05, 4.69) is 0 Å². The van der Waals surface area contributed by atoms with E-state index in [1.54, 1.807) is 12.2 Å². The highest BCUT2D eigenvalue weighted by molar-refractivity contribution is 5.80. The molecule has 0 atom stereocenters. The molecule has 0 aromatic heterocycles. The highest BCUT2D eigenvalue weighted by Gasteiger charge is 1.92. The third-order valence-corrected chi connectivity index (χ3v) is 1.31. The van der Waals surface area contributed by atoms with Crippen molar-refractivity contribution in [1.29, 1.82) is 0 Å². The fourth-order valence-electron chi connectivity index (χ4n) is 0.608. The van der Waals surface area contributed by atoms with Crippen molar-refractivity contribution in [2.24, 2.45) is 0 Å². The Morgan fingerprint density at radius 3 is 2.18 bits per heavy atom. The molecule has 0 unspecified atom stereocenters. The SMILES string of the molecule is CCC(=O)C/C=C\CC(C)=O. The smallest absolute Gasteiger partial charge is 0.136 e. The average Bonchev–Trinajstić information content (AvgIpc) is 1.97. The Hall–Kier alpha value is -0.920. The predicted molar refractivity (Wildman–Crippen MR) is 44.4 cm³/mol. The largest absolute Gasteiger partial charge is 0.300 e. The third kappa shape index (κ3) is 6.97. The summed E-state index contributed by atoms with van der Waals surface area (Å²) in [5.74, 6) is 0.343. The van der Waals surface area contributed by atoms with Crippen LogP contribution in [0.25, 0.3) is 0 Å². The van der Waals surface area contributed by atoms with E-state index in [0.29, 0.717) is 19.3 Å². The fraction of sp³-hybridized carbons (Fsp3) is 0.556. The molecule has 0 N–H and O–H groups in total. The van der Waals surface area contributed by atoms with Gasteiger partial charge in [0.05, 0.1) is 0 Å². The molecular weight excluding hydrogens is 140 g/mol. The third-order valence-electron chi connectivity index (χ3n) is 1.31. The first-order valence-electron chi connectivity index (χ1n) is 3.83. The molecule has 0 fully saturated rings. The zero-order chi connectivity index (χ0) is 8.69. The molecule has 11 heavy (non-hydrogen) atoms. The summed E-state index contributed by atoms with van der Waals surface area (Å²) < 4.78 is 0. The van der Waals surface area contributed by atoms with Gasteiger partial charge in [-0.05, 0) is 6.92 Å². The number of hydrogen-bond donors (Lipinski definition) is 0. The molecule has 0 aliphatic rings. The lowest BCUT2D eigenvalue weighted by Gasteiger charge is -1.87. The van der Waals surface area contributed by atoms with Gasteiger partial charge in [0.25, 0.3) is 0 Å². The maximum atomic E-state index is 10.7. The number of allylic oxidation sites excluding steroid dienone is 2. The van der Waals surface area contributed by atoms with E-state index in [1.807, 2.05) is 6.92 Å². The molecule has 0 saturated heterocycles. The van der Waals surface area contributed by atoms with Crippen molar-refractivity contribution >= 4 is 11.6 Å². The number of carbonyl (C=O) groups excluding carboxylic acids is 2. The molecule has 2 heteroatoms. The van der Waals surface area contributed by atoms with Gasteiger partial charge in [-0.25, -0.2) is 0 Å². The lowest BCUT2D eigenvalue weighted by Crippen LogP contribution is -1.91. The molecule has 62 valence electrons. The van der Waals surface area contributed by atoms with E-state index in [-0.39, 0.29) is 11.6 Å². The molecule has 0 aromatic carbocycles. The van der Waals surface area contributed by atoms with E-state index in [9.17, 15) is 9.59 Å². The first kappa shape index (κ1) is 10.1. The molecule has 0 aromatic rings. The van der Waals surface area contributed by atoms with E-state index in [4.69, 9.17) is 0 Å². The van der Waals surface area contributed by atoms with Gasteiger partial charge in [-0.15, -0.1) is 0 Å². The van der Waals surface area contributed by atoms with Crippen molar-refractivity contribution in [3.63, 3.8) is 0 Å². The van der Waals surface area contributed by atoms with Gasteiger partial charge in [-0.3, -0.25) is 9.59 Å². The average molecular weight is 154 g/mol. The summed E-state index contributed by atoms with van der Waals surface area (Å²) in [6.07, 6.45) is 4.98. The highest BCUT2D eigenvalue weighted by atomic mass is 16.1. The molecule has 0 radical (unpaired) electrons. The van der Waals surface area contributed by atoms with Gasteiger partial charge in [-0.1, -0.05) is 19.1 Å². The van der Waals surface area contributed by atoms with Crippen LogP contribution in [0.5, 0.6) is 0 Å². The second kappa shape index (κ2) is 5.83. The van der Waals surface area contributed by atoms with E-state index in [1.165, 1.54) is 6.92 Å². The molecule has 0 aliphatic carbocycles. The Balaban J connectivity index is 3.44. The van der Waals surface area contributed by atoms with Crippen LogP contribution < -0.4 is 0 Å². The van der Waals surface area contributed by atoms with Gasteiger partial charge < -0.3 is 0 Å². The van der Waals surface area contributed by atoms with Crippen LogP contribution >= 0.6 is 0 Å². The molecule has 0 spiro atoms. The van der Waals surface area contributed by atoms with Gasteiger partial charge in [0, 0.05) is 19.3 Å². The van der Waals surface area contributed by atoms with Crippen LogP contribution in [-0.2, 0) is 9.59 Å². The predicted octanol–water partition coefficient (Wildman–Crippen LogP) is 1.89. The van der Waals surface area contributed by atoms with Crippen LogP contribution in [0.4, 0.5) is 0 Å². The number of Topliss-reactive ketones (excluding diaryl/α,β-unsaturated/α-hetero) is 2. The topological polar surface area (TPSA) is 34.1 Å². The second-order valence-electron chi connectivity index (χ2n) is 2.47. The second-order valence-corrected chi connectivity index (χ2v) is 2.47. The molecule has 2 nitrogen and oxygen atoms in total. The number of ketones is 2. The minimum Gasteiger partial charge on any atom is -0.300 e. The first-order chi connectivity index (χ1) is 5.16. The van der Waals surface area contributed by atoms with Crippen molar-refractivity contribution in [1.82, 2.24) is 0 Å². The summed E-state index contributed by atoms with van der Waals surface area (Å²) in [4.78, 5) is 21.1. The molecule has 0 bridgehead atoms. The van der Waals surface area contributed by atoms with E-state index >= 15 is 0 Å². The summed E-state index contributed by atoms with van der Waals surface area (Å²) >= 11 is 0. The summed E-state index contributed by atoms with van der Waals surface area (Å²) in [6.45, 7) is 3.37. The van der Waals surface area contributed by atoms with E-state index < -0.39 is 0 Å². The van der Waals surface area contributed by atoms with Crippen LogP contribution in [0.15, 0.2) is 12.2 Å². The van der Waals surface area contributed by atoms with Crippen molar-refractivity contribution in [2.45, 2.75) is 33.1 Å². The summed E-state index contributed by atoms with van der Waals surface area (Å²) in [7, 11) is 0. The summed E-state index contributed by atoms with van der Waals surface area (Å²) in [5, 5.41) is 0. The molecule has 0 amide bonds. The fourth-order valence-corrected chi connectivity index (χ4v) is 0.608. The monoisotopic (exact) mass is 154 g/mol. The van der Waals surface area contributed by atoms with Gasteiger partial charge >= 0.3 is 0 Å².